The second-order valence-electron chi connectivity index (χ2n) is 8.66. The van der Waals surface area contributed by atoms with Gasteiger partial charge in [-0.25, -0.2) is 18.1 Å². The Bertz CT molecular complexity index is 929. The molecule has 6 nitrogen and oxygen atoms in total. The molecule has 3 rings (SSSR count). The Labute approximate surface area is 162 Å². The molecule has 2 aromatic rings. The Kier molecular flexibility index (Phi) is 5.40. The average molecular weight is 394 g/mol. The van der Waals surface area contributed by atoms with Gasteiger partial charge in [0, 0.05) is 24.6 Å². The highest BCUT2D eigenvalue weighted by molar-refractivity contribution is 7.89. The lowest BCUT2D eigenvalue weighted by atomic mass is 9.87. The van der Waals surface area contributed by atoms with E-state index in [2.05, 4.69) is 37.0 Å². The van der Waals surface area contributed by atoms with Crippen molar-refractivity contribution in [2.75, 3.05) is 6.61 Å². The monoisotopic (exact) mass is 393 g/mol. The molecule has 1 saturated heterocycles. The van der Waals surface area contributed by atoms with E-state index in [1.807, 2.05) is 19.9 Å². The fourth-order valence-corrected chi connectivity index (χ4v) is 5.20. The number of benzene rings is 1. The van der Waals surface area contributed by atoms with E-state index >= 15 is 0 Å². The van der Waals surface area contributed by atoms with Gasteiger partial charge in [-0.15, -0.1) is 0 Å². The van der Waals surface area contributed by atoms with E-state index in [1.54, 1.807) is 12.1 Å². The quantitative estimate of drug-likeness (QED) is 0.834. The SMILES string of the molecule is CC(C)NS(=O)(=O)c1ccc2c(c1)nc([C@@H]1CCOC(C)(C)C1)n2C(C)C. The standard InChI is InChI=1S/C20H31N3O3S/c1-13(2)22-27(24,25)16-7-8-18-17(11-16)21-19(23(18)14(3)4)15-9-10-26-20(5,6)12-15/h7-8,11,13-15,22H,9-10,12H2,1-6H3/t15-/m1/s1. The molecule has 0 bridgehead atoms. The summed E-state index contributed by atoms with van der Waals surface area (Å²) in [5.41, 5.74) is 1.54. The molecule has 27 heavy (non-hydrogen) atoms. The third-order valence-corrected chi connectivity index (χ3v) is 6.62. The molecule has 7 heteroatoms. The lowest BCUT2D eigenvalue weighted by Gasteiger charge is -2.35. The Hall–Kier alpha value is -1.44. The summed E-state index contributed by atoms with van der Waals surface area (Å²) in [6.07, 6.45) is 1.84. The number of fused-ring (bicyclic) bond motifs is 1. The fourth-order valence-electron chi connectivity index (χ4n) is 3.93. The van der Waals surface area contributed by atoms with Crippen molar-refractivity contribution in [1.82, 2.24) is 14.3 Å². The summed E-state index contributed by atoms with van der Waals surface area (Å²) in [6.45, 7) is 12.9. The molecule has 1 N–H and O–H groups in total. The van der Waals surface area contributed by atoms with Crippen LogP contribution in [0.15, 0.2) is 23.1 Å². The van der Waals surface area contributed by atoms with Crippen molar-refractivity contribution < 1.29 is 13.2 Å². The smallest absolute Gasteiger partial charge is 0.240 e. The third-order valence-electron chi connectivity index (χ3n) is 4.97. The van der Waals surface area contributed by atoms with Crippen LogP contribution in [0, 0.1) is 0 Å². The molecule has 0 saturated carbocycles. The predicted octanol–water partition coefficient (Wildman–Crippen LogP) is 3.98. The van der Waals surface area contributed by atoms with E-state index in [9.17, 15) is 8.42 Å². The van der Waals surface area contributed by atoms with Crippen LogP contribution in [0.25, 0.3) is 11.0 Å². The van der Waals surface area contributed by atoms with Gasteiger partial charge in [-0.3, -0.25) is 0 Å². The molecule has 0 amide bonds. The van der Waals surface area contributed by atoms with Crippen LogP contribution < -0.4 is 4.72 Å². The number of hydrogen-bond donors (Lipinski definition) is 1. The van der Waals surface area contributed by atoms with Gasteiger partial charge in [0.05, 0.1) is 21.5 Å². The molecule has 1 atom stereocenters. The van der Waals surface area contributed by atoms with E-state index in [-0.39, 0.29) is 22.6 Å². The fraction of sp³-hybridized carbons (Fsp3) is 0.650. The summed E-state index contributed by atoms with van der Waals surface area (Å²) in [6, 6.07) is 5.33. The van der Waals surface area contributed by atoms with Gasteiger partial charge in [-0.1, -0.05) is 0 Å². The normalized spacial score (nSPS) is 20.7. The Balaban J connectivity index is 2.09. The summed E-state index contributed by atoms with van der Waals surface area (Å²) in [5, 5.41) is 0. The van der Waals surface area contributed by atoms with Gasteiger partial charge < -0.3 is 9.30 Å². The van der Waals surface area contributed by atoms with Crippen LogP contribution in [0.5, 0.6) is 0 Å². The first-order valence-electron chi connectivity index (χ1n) is 9.68. The maximum Gasteiger partial charge on any atom is 0.240 e. The minimum atomic E-state index is -3.54. The Morgan fingerprint density at radius 3 is 2.56 bits per heavy atom. The minimum Gasteiger partial charge on any atom is -0.376 e. The zero-order chi connectivity index (χ0) is 20.0. The molecule has 150 valence electrons. The Morgan fingerprint density at radius 1 is 1.26 bits per heavy atom. The number of imidazole rings is 1. The molecule has 1 fully saturated rings. The first-order valence-corrected chi connectivity index (χ1v) is 11.2. The Morgan fingerprint density at radius 2 is 1.96 bits per heavy atom. The topological polar surface area (TPSA) is 73.2 Å². The molecule has 2 heterocycles. The minimum absolute atomic E-state index is 0.154. The zero-order valence-corrected chi connectivity index (χ0v) is 17.9. The van der Waals surface area contributed by atoms with E-state index in [4.69, 9.17) is 9.72 Å². The second kappa shape index (κ2) is 7.18. The largest absolute Gasteiger partial charge is 0.376 e. The number of sulfonamides is 1. The number of nitrogens with zero attached hydrogens (tertiary/aromatic N) is 2. The molecule has 1 aromatic heterocycles. The third kappa shape index (κ3) is 4.20. The average Bonchev–Trinajstić information content (AvgIpc) is 2.91. The van der Waals surface area contributed by atoms with Crippen LogP contribution in [0.2, 0.25) is 0 Å². The second-order valence-corrected chi connectivity index (χ2v) is 10.4. The zero-order valence-electron chi connectivity index (χ0n) is 17.1. The van der Waals surface area contributed by atoms with Crippen LogP contribution in [-0.4, -0.2) is 36.2 Å². The van der Waals surface area contributed by atoms with E-state index in [0.717, 1.165) is 36.3 Å². The molecule has 1 aromatic carbocycles. The van der Waals surface area contributed by atoms with Gasteiger partial charge in [0.2, 0.25) is 10.0 Å². The summed E-state index contributed by atoms with van der Waals surface area (Å²) in [7, 11) is -3.54. The number of nitrogens with one attached hydrogen (secondary N) is 1. The molecular formula is C20H31N3O3S. The van der Waals surface area contributed by atoms with E-state index in [0.29, 0.717) is 5.92 Å². The van der Waals surface area contributed by atoms with Crippen molar-refractivity contribution in [3.05, 3.63) is 24.0 Å². The molecular weight excluding hydrogens is 362 g/mol. The lowest BCUT2D eigenvalue weighted by molar-refractivity contribution is -0.0607. The van der Waals surface area contributed by atoms with Gasteiger partial charge in [-0.05, 0) is 72.6 Å². The number of hydrogen-bond acceptors (Lipinski definition) is 4. The highest BCUT2D eigenvalue weighted by Crippen LogP contribution is 2.37. The van der Waals surface area contributed by atoms with Crippen LogP contribution in [-0.2, 0) is 14.8 Å². The highest BCUT2D eigenvalue weighted by Gasteiger charge is 2.33. The summed E-state index contributed by atoms with van der Waals surface area (Å²) >= 11 is 0. The van der Waals surface area contributed by atoms with Crippen molar-refractivity contribution in [1.29, 1.82) is 0 Å². The van der Waals surface area contributed by atoms with Crippen molar-refractivity contribution in [3.63, 3.8) is 0 Å². The van der Waals surface area contributed by atoms with Crippen molar-refractivity contribution in [2.45, 2.75) is 82.9 Å². The van der Waals surface area contributed by atoms with Gasteiger partial charge in [-0.2, -0.15) is 0 Å². The van der Waals surface area contributed by atoms with Crippen LogP contribution in [0.3, 0.4) is 0 Å². The van der Waals surface area contributed by atoms with Gasteiger partial charge in [0.15, 0.2) is 0 Å². The molecule has 1 aliphatic rings. The maximum atomic E-state index is 12.5. The molecule has 1 aliphatic heterocycles. The predicted molar refractivity (Wildman–Crippen MR) is 108 cm³/mol. The molecule has 0 spiro atoms. The van der Waals surface area contributed by atoms with E-state index < -0.39 is 10.0 Å². The highest BCUT2D eigenvalue weighted by atomic mass is 32.2. The number of rotatable bonds is 5. The summed E-state index contributed by atoms with van der Waals surface area (Å²) in [4.78, 5) is 5.15. The van der Waals surface area contributed by atoms with Crippen LogP contribution in [0.4, 0.5) is 0 Å². The van der Waals surface area contributed by atoms with Gasteiger partial charge >= 0.3 is 0 Å². The van der Waals surface area contributed by atoms with Crippen molar-refractivity contribution in [3.8, 4) is 0 Å². The molecule has 0 unspecified atom stereocenters. The first-order chi connectivity index (χ1) is 12.5. The summed E-state index contributed by atoms with van der Waals surface area (Å²) in [5.74, 6) is 1.33. The van der Waals surface area contributed by atoms with Crippen molar-refractivity contribution >= 4 is 21.1 Å². The van der Waals surface area contributed by atoms with Crippen molar-refractivity contribution in [2.24, 2.45) is 0 Å². The van der Waals surface area contributed by atoms with Gasteiger partial charge in [0.1, 0.15) is 5.82 Å². The van der Waals surface area contributed by atoms with E-state index in [1.165, 1.54) is 0 Å². The molecule has 0 radical (unpaired) electrons. The maximum absolute atomic E-state index is 12.5. The lowest BCUT2D eigenvalue weighted by Crippen LogP contribution is -2.34. The van der Waals surface area contributed by atoms with Crippen LogP contribution in [0.1, 0.15) is 72.2 Å². The summed E-state index contributed by atoms with van der Waals surface area (Å²) < 4.78 is 35.8. The number of ether oxygens (including phenoxy) is 1. The van der Waals surface area contributed by atoms with Gasteiger partial charge in [0.25, 0.3) is 0 Å². The first kappa shape index (κ1) is 20.3. The molecule has 0 aliphatic carbocycles. The number of aromatic nitrogens is 2. The van der Waals surface area contributed by atoms with Crippen LogP contribution >= 0.6 is 0 Å².